The van der Waals surface area contributed by atoms with E-state index in [1.807, 2.05) is 19.2 Å². The Morgan fingerprint density at radius 1 is 1.30 bits per heavy atom. The van der Waals surface area contributed by atoms with Crippen molar-refractivity contribution >= 4 is 16.5 Å². The van der Waals surface area contributed by atoms with E-state index in [2.05, 4.69) is 27.5 Å². The normalized spacial score (nSPS) is 10.8. The Kier molecular flexibility index (Phi) is 5.49. The number of thiazole rings is 1. The fourth-order valence-corrected chi connectivity index (χ4v) is 2.67. The molecule has 0 amide bonds. The van der Waals surface area contributed by atoms with Crippen LogP contribution in [0.1, 0.15) is 24.6 Å². The molecule has 5 heteroatoms. The van der Waals surface area contributed by atoms with E-state index >= 15 is 0 Å². The van der Waals surface area contributed by atoms with Crippen LogP contribution < -0.4 is 10.2 Å². The van der Waals surface area contributed by atoms with Gasteiger partial charge in [0, 0.05) is 25.5 Å². The Labute approximate surface area is 123 Å². The number of aromatic nitrogens is 1. The standard InChI is InChI=1S/C15H20FN3S/c1-3-8-17-9-14-11-20-15(18-14)19(2)10-12-4-6-13(16)7-5-12/h4-7,11,17H,3,8-10H2,1-2H3. The van der Waals surface area contributed by atoms with Gasteiger partial charge in [0.25, 0.3) is 0 Å². The van der Waals surface area contributed by atoms with Crippen molar-refractivity contribution in [3.8, 4) is 0 Å². The van der Waals surface area contributed by atoms with E-state index < -0.39 is 0 Å². The minimum atomic E-state index is -0.199. The topological polar surface area (TPSA) is 28.2 Å². The fraction of sp³-hybridized carbons (Fsp3) is 0.400. The molecule has 1 N–H and O–H groups in total. The number of hydrogen-bond acceptors (Lipinski definition) is 4. The molecular formula is C15H20FN3S. The molecule has 20 heavy (non-hydrogen) atoms. The summed E-state index contributed by atoms with van der Waals surface area (Å²) in [6.07, 6.45) is 1.13. The van der Waals surface area contributed by atoms with E-state index in [0.717, 1.165) is 42.4 Å². The van der Waals surface area contributed by atoms with Crippen LogP contribution in [0.5, 0.6) is 0 Å². The Bertz CT molecular complexity index is 524. The molecule has 3 nitrogen and oxygen atoms in total. The van der Waals surface area contributed by atoms with Crippen molar-refractivity contribution in [2.24, 2.45) is 0 Å². The zero-order valence-electron chi connectivity index (χ0n) is 11.9. The summed E-state index contributed by atoms with van der Waals surface area (Å²) in [6.45, 7) is 4.71. The fourth-order valence-electron chi connectivity index (χ4n) is 1.88. The molecule has 0 saturated carbocycles. The lowest BCUT2D eigenvalue weighted by molar-refractivity contribution is 0.627. The van der Waals surface area contributed by atoms with Crippen molar-refractivity contribution in [3.63, 3.8) is 0 Å². The van der Waals surface area contributed by atoms with Crippen LogP contribution in [0.3, 0.4) is 0 Å². The van der Waals surface area contributed by atoms with Crippen LogP contribution in [0, 0.1) is 5.82 Å². The first-order valence-electron chi connectivity index (χ1n) is 6.79. The minimum Gasteiger partial charge on any atom is -0.347 e. The number of nitrogens with one attached hydrogen (secondary N) is 1. The van der Waals surface area contributed by atoms with Gasteiger partial charge in [0.05, 0.1) is 5.69 Å². The Balaban J connectivity index is 1.91. The van der Waals surface area contributed by atoms with E-state index in [4.69, 9.17) is 0 Å². The van der Waals surface area contributed by atoms with Gasteiger partial charge in [-0.2, -0.15) is 0 Å². The summed E-state index contributed by atoms with van der Waals surface area (Å²) < 4.78 is 12.9. The summed E-state index contributed by atoms with van der Waals surface area (Å²) in [4.78, 5) is 6.69. The zero-order valence-corrected chi connectivity index (χ0v) is 12.7. The van der Waals surface area contributed by atoms with Gasteiger partial charge in [-0.25, -0.2) is 9.37 Å². The second kappa shape index (κ2) is 7.36. The van der Waals surface area contributed by atoms with Crippen LogP contribution in [0.2, 0.25) is 0 Å². The predicted molar refractivity (Wildman–Crippen MR) is 82.6 cm³/mol. The number of halogens is 1. The predicted octanol–water partition coefficient (Wildman–Crippen LogP) is 3.42. The summed E-state index contributed by atoms with van der Waals surface area (Å²) in [7, 11) is 2.01. The molecule has 0 spiro atoms. The number of hydrogen-bond donors (Lipinski definition) is 1. The van der Waals surface area contributed by atoms with Gasteiger partial charge in [-0.3, -0.25) is 0 Å². The second-order valence-electron chi connectivity index (χ2n) is 4.78. The maximum Gasteiger partial charge on any atom is 0.185 e. The lowest BCUT2D eigenvalue weighted by Gasteiger charge is -2.15. The van der Waals surface area contributed by atoms with Gasteiger partial charge in [0.2, 0.25) is 0 Å². The average molecular weight is 293 g/mol. The Hall–Kier alpha value is -1.46. The highest BCUT2D eigenvalue weighted by atomic mass is 32.1. The van der Waals surface area contributed by atoms with Gasteiger partial charge in [-0.05, 0) is 30.7 Å². The maximum atomic E-state index is 12.9. The molecule has 2 aromatic rings. The molecule has 0 bridgehead atoms. The Morgan fingerprint density at radius 3 is 2.75 bits per heavy atom. The lowest BCUT2D eigenvalue weighted by Crippen LogP contribution is -2.17. The van der Waals surface area contributed by atoms with Crippen molar-refractivity contribution in [1.82, 2.24) is 10.3 Å². The first-order valence-corrected chi connectivity index (χ1v) is 7.67. The molecule has 1 heterocycles. The zero-order chi connectivity index (χ0) is 14.4. The lowest BCUT2D eigenvalue weighted by atomic mass is 10.2. The van der Waals surface area contributed by atoms with Gasteiger partial charge < -0.3 is 10.2 Å². The molecule has 0 aliphatic heterocycles. The molecule has 1 aromatic heterocycles. The molecular weight excluding hydrogens is 273 g/mol. The van der Waals surface area contributed by atoms with E-state index in [-0.39, 0.29) is 5.82 Å². The third-order valence-electron chi connectivity index (χ3n) is 2.93. The van der Waals surface area contributed by atoms with Crippen molar-refractivity contribution < 1.29 is 4.39 Å². The summed E-state index contributed by atoms with van der Waals surface area (Å²) in [5.41, 5.74) is 2.15. The monoisotopic (exact) mass is 293 g/mol. The van der Waals surface area contributed by atoms with Gasteiger partial charge >= 0.3 is 0 Å². The van der Waals surface area contributed by atoms with Crippen molar-refractivity contribution in [3.05, 3.63) is 46.7 Å². The van der Waals surface area contributed by atoms with Crippen LogP contribution in [0.25, 0.3) is 0 Å². The third-order valence-corrected chi connectivity index (χ3v) is 3.94. The van der Waals surface area contributed by atoms with Crippen molar-refractivity contribution in [2.75, 3.05) is 18.5 Å². The van der Waals surface area contributed by atoms with Crippen LogP contribution >= 0.6 is 11.3 Å². The Morgan fingerprint density at radius 2 is 2.05 bits per heavy atom. The van der Waals surface area contributed by atoms with E-state index in [9.17, 15) is 4.39 Å². The average Bonchev–Trinajstić information content (AvgIpc) is 2.91. The molecule has 108 valence electrons. The molecule has 0 atom stereocenters. The summed E-state index contributed by atoms with van der Waals surface area (Å²) in [5, 5.41) is 6.41. The molecule has 0 saturated heterocycles. The van der Waals surface area contributed by atoms with Gasteiger partial charge in [-0.1, -0.05) is 19.1 Å². The second-order valence-corrected chi connectivity index (χ2v) is 5.62. The van der Waals surface area contributed by atoms with Crippen LogP contribution in [-0.4, -0.2) is 18.6 Å². The molecule has 2 rings (SSSR count). The van der Waals surface area contributed by atoms with E-state index in [1.165, 1.54) is 12.1 Å². The van der Waals surface area contributed by atoms with Crippen molar-refractivity contribution in [1.29, 1.82) is 0 Å². The summed E-state index contributed by atoms with van der Waals surface area (Å²) in [6, 6.07) is 6.60. The molecule has 0 radical (unpaired) electrons. The van der Waals surface area contributed by atoms with Crippen molar-refractivity contribution in [2.45, 2.75) is 26.4 Å². The smallest absolute Gasteiger partial charge is 0.185 e. The molecule has 1 aromatic carbocycles. The number of benzene rings is 1. The third kappa shape index (κ3) is 4.28. The largest absolute Gasteiger partial charge is 0.347 e. The van der Waals surface area contributed by atoms with E-state index in [0.29, 0.717) is 0 Å². The first kappa shape index (κ1) is 14.9. The van der Waals surface area contributed by atoms with Crippen LogP contribution in [0.15, 0.2) is 29.6 Å². The minimum absolute atomic E-state index is 0.199. The van der Waals surface area contributed by atoms with Crippen LogP contribution in [0.4, 0.5) is 9.52 Å². The first-order chi connectivity index (χ1) is 9.69. The van der Waals surface area contributed by atoms with Gasteiger partial charge in [0.15, 0.2) is 5.13 Å². The highest BCUT2D eigenvalue weighted by molar-refractivity contribution is 7.13. The quantitative estimate of drug-likeness (QED) is 0.793. The van der Waals surface area contributed by atoms with Gasteiger partial charge in [0.1, 0.15) is 5.82 Å². The van der Waals surface area contributed by atoms with Crippen LogP contribution in [-0.2, 0) is 13.1 Å². The molecule has 0 aliphatic carbocycles. The molecule has 0 fully saturated rings. The molecule has 0 aliphatic rings. The summed E-state index contributed by atoms with van der Waals surface area (Å²) >= 11 is 1.64. The number of rotatable bonds is 7. The molecule has 0 unspecified atom stereocenters. The maximum absolute atomic E-state index is 12.9. The van der Waals surface area contributed by atoms with Gasteiger partial charge in [-0.15, -0.1) is 11.3 Å². The number of nitrogens with zero attached hydrogens (tertiary/aromatic N) is 2. The van der Waals surface area contributed by atoms with E-state index in [1.54, 1.807) is 11.3 Å². The highest BCUT2D eigenvalue weighted by Gasteiger charge is 2.07. The highest BCUT2D eigenvalue weighted by Crippen LogP contribution is 2.21. The number of anilines is 1. The summed E-state index contributed by atoms with van der Waals surface area (Å²) in [5.74, 6) is -0.199. The SMILES string of the molecule is CCCNCc1csc(N(C)Cc2ccc(F)cc2)n1.